The number of phenols is 1. The summed E-state index contributed by atoms with van der Waals surface area (Å²) in [5.41, 5.74) is 2.05. The van der Waals surface area contributed by atoms with E-state index in [2.05, 4.69) is 10.2 Å². The maximum atomic E-state index is 12.5. The van der Waals surface area contributed by atoms with Gasteiger partial charge in [0.15, 0.2) is 0 Å². The molecule has 0 bridgehead atoms. The Morgan fingerprint density at radius 3 is 2.59 bits per heavy atom. The molecule has 144 valence electrons. The van der Waals surface area contributed by atoms with Crippen LogP contribution in [-0.4, -0.2) is 47.6 Å². The number of carbonyl (C=O) groups is 1. The van der Waals surface area contributed by atoms with E-state index in [0.29, 0.717) is 18.1 Å². The van der Waals surface area contributed by atoms with Crippen LogP contribution in [0.25, 0.3) is 0 Å². The van der Waals surface area contributed by atoms with E-state index in [1.807, 2.05) is 30.3 Å². The summed E-state index contributed by atoms with van der Waals surface area (Å²) in [5, 5.41) is 13.3. The standard InChI is InChI=1S/C21H26ClN3O2/c1-24(15-16-5-4-6-19(26)13-16)21(27)23-14-20(25-11-2-3-12-25)17-7-9-18(22)10-8-17/h4-10,13,20,26H,2-3,11-12,14-15H2,1H3,(H,23,27). The van der Waals surface area contributed by atoms with Gasteiger partial charge in [0, 0.05) is 25.2 Å². The summed E-state index contributed by atoms with van der Waals surface area (Å²) in [5.74, 6) is 0.207. The quantitative estimate of drug-likeness (QED) is 0.786. The second-order valence-corrected chi connectivity index (χ2v) is 7.46. The first-order valence-corrected chi connectivity index (χ1v) is 9.67. The zero-order chi connectivity index (χ0) is 19.2. The number of nitrogens with zero attached hydrogens (tertiary/aromatic N) is 2. The first-order valence-electron chi connectivity index (χ1n) is 9.29. The van der Waals surface area contributed by atoms with E-state index >= 15 is 0 Å². The highest BCUT2D eigenvalue weighted by molar-refractivity contribution is 6.30. The van der Waals surface area contributed by atoms with Gasteiger partial charge in [-0.05, 0) is 61.3 Å². The summed E-state index contributed by atoms with van der Waals surface area (Å²) in [4.78, 5) is 16.6. The Morgan fingerprint density at radius 1 is 1.22 bits per heavy atom. The highest BCUT2D eigenvalue weighted by Gasteiger charge is 2.24. The molecule has 0 spiro atoms. The molecule has 0 aromatic heterocycles. The number of amides is 2. The Balaban J connectivity index is 1.61. The van der Waals surface area contributed by atoms with E-state index < -0.39 is 0 Å². The van der Waals surface area contributed by atoms with Gasteiger partial charge in [-0.3, -0.25) is 4.90 Å². The molecule has 1 atom stereocenters. The molecule has 1 fully saturated rings. The first-order chi connectivity index (χ1) is 13.0. The summed E-state index contributed by atoms with van der Waals surface area (Å²) < 4.78 is 0. The molecular weight excluding hydrogens is 362 g/mol. The molecule has 2 aromatic rings. The second kappa shape index (κ2) is 9.11. The van der Waals surface area contributed by atoms with Gasteiger partial charge in [0.05, 0.1) is 6.04 Å². The van der Waals surface area contributed by atoms with E-state index in [4.69, 9.17) is 11.6 Å². The number of halogens is 1. The molecule has 0 saturated carbocycles. The molecule has 1 unspecified atom stereocenters. The van der Waals surface area contributed by atoms with Crippen molar-refractivity contribution in [2.24, 2.45) is 0 Å². The third-order valence-corrected chi connectivity index (χ3v) is 5.21. The predicted molar refractivity (Wildman–Crippen MR) is 108 cm³/mol. The van der Waals surface area contributed by atoms with E-state index in [-0.39, 0.29) is 17.8 Å². The molecule has 2 N–H and O–H groups in total. The Bertz CT molecular complexity index is 760. The molecule has 2 amide bonds. The Kier molecular flexibility index (Phi) is 6.58. The molecule has 1 aliphatic heterocycles. The molecular formula is C21H26ClN3O2. The Morgan fingerprint density at radius 2 is 1.93 bits per heavy atom. The van der Waals surface area contributed by atoms with Gasteiger partial charge < -0.3 is 15.3 Å². The largest absolute Gasteiger partial charge is 0.508 e. The number of phenolic OH excluding ortho intramolecular Hbond substituents is 1. The van der Waals surface area contributed by atoms with Crippen LogP contribution < -0.4 is 5.32 Å². The fraction of sp³-hybridized carbons (Fsp3) is 0.381. The second-order valence-electron chi connectivity index (χ2n) is 7.02. The topological polar surface area (TPSA) is 55.8 Å². The average Bonchev–Trinajstić information content (AvgIpc) is 3.17. The minimum absolute atomic E-state index is 0.128. The molecule has 1 aliphatic rings. The van der Waals surface area contributed by atoms with Gasteiger partial charge in [0.25, 0.3) is 0 Å². The van der Waals surface area contributed by atoms with E-state index in [0.717, 1.165) is 24.2 Å². The molecule has 0 radical (unpaired) electrons. The van der Waals surface area contributed by atoms with Crippen molar-refractivity contribution >= 4 is 17.6 Å². The Labute approximate surface area is 165 Å². The van der Waals surface area contributed by atoms with Crippen molar-refractivity contribution in [2.45, 2.75) is 25.4 Å². The molecule has 27 heavy (non-hydrogen) atoms. The predicted octanol–water partition coefficient (Wildman–Crippen LogP) is 4.02. The third kappa shape index (κ3) is 5.37. The lowest BCUT2D eigenvalue weighted by Crippen LogP contribution is -2.42. The number of rotatable bonds is 6. The molecule has 0 aliphatic carbocycles. The highest BCUT2D eigenvalue weighted by atomic mass is 35.5. The summed E-state index contributed by atoms with van der Waals surface area (Å²) >= 11 is 6.03. The molecule has 3 rings (SSSR count). The van der Waals surface area contributed by atoms with Gasteiger partial charge in [-0.25, -0.2) is 4.79 Å². The van der Waals surface area contributed by atoms with Gasteiger partial charge >= 0.3 is 6.03 Å². The lowest BCUT2D eigenvalue weighted by atomic mass is 10.1. The average molecular weight is 388 g/mol. The van der Waals surface area contributed by atoms with Crippen LogP contribution in [0.2, 0.25) is 5.02 Å². The number of carbonyl (C=O) groups excluding carboxylic acids is 1. The first kappa shape index (κ1) is 19.5. The smallest absolute Gasteiger partial charge is 0.317 e. The van der Waals surface area contributed by atoms with Gasteiger partial charge in [-0.1, -0.05) is 35.9 Å². The molecule has 1 saturated heterocycles. The molecule has 2 aromatic carbocycles. The van der Waals surface area contributed by atoms with Crippen molar-refractivity contribution in [3.8, 4) is 5.75 Å². The zero-order valence-electron chi connectivity index (χ0n) is 15.6. The summed E-state index contributed by atoms with van der Waals surface area (Å²) in [7, 11) is 1.76. The van der Waals surface area contributed by atoms with Gasteiger partial charge in [-0.2, -0.15) is 0 Å². The van der Waals surface area contributed by atoms with E-state index in [1.54, 1.807) is 30.1 Å². The van der Waals surface area contributed by atoms with Crippen LogP contribution in [0.4, 0.5) is 4.79 Å². The minimum Gasteiger partial charge on any atom is -0.508 e. The van der Waals surface area contributed by atoms with Gasteiger partial charge in [-0.15, -0.1) is 0 Å². The van der Waals surface area contributed by atoms with E-state index in [1.165, 1.54) is 12.8 Å². The lowest BCUT2D eigenvalue weighted by Gasteiger charge is -2.29. The van der Waals surface area contributed by atoms with Crippen molar-refractivity contribution in [1.82, 2.24) is 15.1 Å². The number of hydrogen-bond acceptors (Lipinski definition) is 3. The minimum atomic E-state index is -0.128. The molecule has 5 nitrogen and oxygen atoms in total. The van der Waals surface area contributed by atoms with Crippen LogP contribution in [0.1, 0.15) is 30.0 Å². The molecule has 6 heteroatoms. The van der Waals surface area contributed by atoms with Crippen LogP contribution in [0.5, 0.6) is 5.75 Å². The normalized spacial score (nSPS) is 15.5. The van der Waals surface area contributed by atoms with Gasteiger partial charge in [0.2, 0.25) is 0 Å². The van der Waals surface area contributed by atoms with Crippen molar-refractivity contribution in [1.29, 1.82) is 0 Å². The fourth-order valence-corrected chi connectivity index (χ4v) is 3.64. The number of urea groups is 1. The fourth-order valence-electron chi connectivity index (χ4n) is 3.52. The molecule has 1 heterocycles. The van der Waals surface area contributed by atoms with Crippen LogP contribution in [0, 0.1) is 0 Å². The van der Waals surface area contributed by atoms with Crippen molar-refractivity contribution in [3.63, 3.8) is 0 Å². The SMILES string of the molecule is CN(Cc1cccc(O)c1)C(=O)NCC(c1ccc(Cl)cc1)N1CCCC1. The van der Waals surface area contributed by atoms with Crippen molar-refractivity contribution in [2.75, 3.05) is 26.7 Å². The van der Waals surface area contributed by atoms with Crippen molar-refractivity contribution in [3.05, 3.63) is 64.7 Å². The number of aromatic hydroxyl groups is 1. The van der Waals surface area contributed by atoms with Crippen LogP contribution in [-0.2, 0) is 6.54 Å². The number of likely N-dealkylation sites (tertiary alicyclic amines) is 1. The highest BCUT2D eigenvalue weighted by Crippen LogP contribution is 2.25. The van der Waals surface area contributed by atoms with E-state index in [9.17, 15) is 9.90 Å². The number of benzene rings is 2. The summed E-state index contributed by atoms with van der Waals surface area (Å²) in [6, 6.07) is 14.8. The van der Waals surface area contributed by atoms with Crippen LogP contribution >= 0.6 is 11.6 Å². The van der Waals surface area contributed by atoms with Crippen LogP contribution in [0.3, 0.4) is 0 Å². The number of nitrogens with one attached hydrogen (secondary N) is 1. The number of hydrogen-bond donors (Lipinski definition) is 2. The van der Waals surface area contributed by atoms with Crippen LogP contribution in [0.15, 0.2) is 48.5 Å². The van der Waals surface area contributed by atoms with Crippen molar-refractivity contribution < 1.29 is 9.90 Å². The summed E-state index contributed by atoms with van der Waals surface area (Å²) in [6.07, 6.45) is 2.38. The zero-order valence-corrected chi connectivity index (χ0v) is 16.3. The maximum absolute atomic E-state index is 12.5. The third-order valence-electron chi connectivity index (χ3n) is 4.96. The Hall–Kier alpha value is -2.24. The summed E-state index contributed by atoms with van der Waals surface area (Å²) in [6.45, 7) is 3.07. The lowest BCUT2D eigenvalue weighted by molar-refractivity contribution is 0.195. The monoisotopic (exact) mass is 387 g/mol. The van der Waals surface area contributed by atoms with Gasteiger partial charge in [0.1, 0.15) is 5.75 Å². The maximum Gasteiger partial charge on any atom is 0.317 e.